The van der Waals surface area contributed by atoms with Crippen LogP contribution in [0.5, 0.6) is 0 Å². The zero-order valence-electron chi connectivity index (χ0n) is 19.7. The van der Waals surface area contributed by atoms with Crippen LogP contribution in [0.25, 0.3) is 0 Å². The Morgan fingerprint density at radius 1 is 0.946 bits per heavy atom. The Hall–Kier alpha value is -3.85. The Morgan fingerprint density at radius 2 is 1.46 bits per heavy atom. The molecule has 3 fully saturated rings. The number of halogens is 1. The molecule has 0 aromatic heterocycles. The van der Waals surface area contributed by atoms with Crippen molar-refractivity contribution in [3.8, 4) is 0 Å². The molecule has 2 saturated carbocycles. The number of allylic oxidation sites excluding steroid dienone is 2. The van der Waals surface area contributed by atoms with E-state index in [0.717, 1.165) is 16.4 Å². The van der Waals surface area contributed by atoms with Crippen LogP contribution in [0, 0.1) is 45.6 Å². The van der Waals surface area contributed by atoms with Gasteiger partial charge in [0, 0.05) is 28.3 Å². The Kier molecular flexibility index (Phi) is 5.31. The first-order chi connectivity index (χ1) is 17.7. The Labute approximate surface area is 216 Å². The summed E-state index contributed by atoms with van der Waals surface area (Å²) in [6.07, 6.45) is 5.05. The molecule has 10 heteroatoms. The van der Waals surface area contributed by atoms with E-state index < -0.39 is 46.3 Å². The molecule has 7 atom stereocenters. The lowest BCUT2D eigenvalue weighted by Crippen LogP contribution is -2.56. The maximum atomic E-state index is 13.8. The van der Waals surface area contributed by atoms with Crippen LogP contribution in [0.15, 0.2) is 60.7 Å². The maximum absolute atomic E-state index is 13.8. The molecule has 0 N–H and O–H groups in total. The van der Waals surface area contributed by atoms with Crippen molar-refractivity contribution in [3.05, 3.63) is 86.9 Å². The van der Waals surface area contributed by atoms with Gasteiger partial charge in [-0.3, -0.25) is 29.3 Å². The van der Waals surface area contributed by atoms with Crippen LogP contribution in [0.1, 0.15) is 34.1 Å². The third-order valence-electron chi connectivity index (χ3n) is 8.26. The van der Waals surface area contributed by atoms with Crippen LogP contribution in [0.3, 0.4) is 0 Å². The fourth-order valence-corrected chi connectivity index (χ4v) is 6.54. The van der Waals surface area contributed by atoms with E-state index in [1.54, 1.807) is 12.1 Å². The largest absolute Gasteiger partial charge is 0.292 e. The van der Waals surface area contributed by atoms with E-state index in [9.17, 15) is 29.3 Å². The van der Waals surface area contributed by atoms with Gasteiger partial charge in [0.25, 0.3) is 23.4 Å². The first-order valence-electron chi connectivity index (χ1n) is 12.1. The normalized spacial score (nSPS) is 29.5. The number of amides is 3. The van der Waals surface area contributed by atoms with Gasteiger partial charge in [0.2, 0.25) is 0 Å². The van der Waals surface area contributed by atoms with E-state index in [0.29, 0.717) is 16.9 Å². The van der Waals surface area contributed by atoms with Gasteiger partial charge in [-0.25, -0.2) is 5.01 Å². The summed E-state index contributed by atoms with van der Waals surface area (Å²) in [6.45, 7) is 1.47. The second-order valence-corrected chi connectivity index (χ2v) is 10.6. The van der Waals surface area contributed by atoms with Crippen molar-refractivity contribution in [2.75, 3.05) is 0 Å². The minimum absolute atomic E-state index is 0.0146. The predicted octanol–water partition coefficient (Wildman–Crippen LogP) is 3.93. The van der Waals surface area contributed by atoms with Crippen LogP contribution >= 0.6 is 11.6 Å². The summed E-state index contributed by atoms with van der Waals surface area (Å²) in [7, 11) is 0. The predicted molar refractivity (Wildman–Crippen MR) is 131 cm³/mol. The fourth-order valence-electron chi connectivity index (χ4n) is 6.42. The maximum Gasteiger partial charge on any atom is 0.273 e. The average molecular weight is 520 g/mol. The smallest absolute Gasteiger partial charge is 0.273 e. The molecule has 9 nitrogen and oxygen atoms in total. The summed E-state index contributed by atoms with van der Waals surface area (Å²) in [5, 5.41) is 13.3. The van der Waals surface area contributed by atoms with Crippen molar-refractivity contribution >= 4 is 40.8 Å². The van der Waals surface area contributed by atoms with Crippen molar-refractivity contribution in [2.45, 2.75) is 19.4 Å². The van der Waals surface area contributed by atoms with Gasteiger partial charge < -0.3 is 0 Å². The van der Waals surface area contributed by atoms with Gasteiger partial charge in [-0.05, 0) is 73.4 Å². The summed E-state index contributed by atoms with van der Waals surface area (Å²) in [5.74, 6) is -2.69. The summed E-state index contributed by atoms with van der Waals surface area (Å²) < 4.78 is 0. The van der Waals surface area contributed by atoms with Gasteiger partial charge in [-0.15, -0.1) is 0 Å². The van der Waals surface area contributed by atoms with Gasteiger partial charge in [0.15, 0.2) is 5.78 Å². The molecular weight excluding hydrogens is 498 g/mol. The molecule has 2 aromatic rings. The molecule has 2 bridgehead atoms. The van der Waals surface area contributed by atoms with Gasteiger partial charge in [0.1, 0.15) is 6.04 Å². The zero-order valence-corrected chi connectivity index (χ0v) is 20.4. The third kappa shape index (κ3) is 3.52. The topological polar surface area (TPSA) is 118 Å². The number of hydrogen-bond acceptors (Lipinski definition) is 6. The molecule has 0 spiro atoms. The fraction of sp³-hybridized carbons (Fsp3) is 0.333. The molecule has 3 amide bonds. The number of nitro groups is 1. The number of benzene rings is 2. The highest BCUT2D eigenvalue weighted by atomic mass is 35.5. The van der Waals surface area contributed by atoms with E-state index in [1.807, 2.05) is 12.2 Å². The van der Waals surface area contributed by atoms with Crippen LogP contribution < -0.4 is 0 Å². The molecule has 2 aromatic carbocycles. The quantitative estimate of drug-likeness (QED) is 0.188. The third-order valence-corrected chi connectivity index (χ3v) is 8.52. The first kappa shape index (κ1) is 23.5. The molecule has 1 saturated heterocycles. The summed E-state index contributed by atoms with van der Waals surface area (Å²) in [6, 6.07) is 9.75. The number of rotatable bonds is 6. The highest BCUT2D eigenvalue weighted by molar-refractivity contribution is 6.30. The first-order valence-corrected chi connectivity index (χ1v) is 12.5. The van der Waals surface area contributed by atoms with Crippen LogP contribution in [-0.2, 0) is 9.59 Å². The summed E-state index contributed by atoms with van der Waals surface area (Å²) >= 11 is 5.96. The number of Topliss-reactive ketones (excluding diaryl/α,β-unsaturated/α-hetero) is 1. The molecule has 188 valence electrons. The highest BCUT2D eigenvalue weighted by Crippen LogP contribution is 2.65. The Morgan fingerprint density at radius 3 is 1.97 bits per heavy atom. The van der Waals surface area contributed by atoms with Crippen molar-refractivity contribution in [1.82, 2.24) is 10.0 Å². The van der Waals surface area contributed by atoms with E-state index in [4.69, 9.17) is 11.6 Å². The second kappa shape index (κ2) is 8.34. The van der Waals surface area contributed by atoms with Crippen LogP contribution in [-0.4, -0.2) is 44.5 Å². The SMILES string of the molecule is C[C@H](C(=O)c1ccc(Cl)cc1)N(C(=O)c1ccc([N+](=O)[O-])cc1)N1C(=O)[C@@H]2[C@H]3C=C[C@@H]([C@@H]4C[C@H]34)[C@@H]2C1=O. The van der Waals surface area contributed by atoms with Gasteiger partial charge in [0.05, 0.1) is 16.8 Å². The van der Waals surface area contributed by atoms with Gasteiger partial charge >= 0.3 is 0 Å². The molecule has 1 heterocycles. The lowest BCUT2D eigenvalue weighted by Gasteiger charge is -2.37. The molecule has 4 aliphatic carbocycles. The average Bonchev–Trinajstić information content (AvgIpc) is 3.68. The zero-order chi connectivity index (χ0) is 26.2. The number of imide groups is 1. The number of carbonyl (C=O) groups is 4. The number of ketones is 1. The molecule has 37 heavy (non-hydrogen) atoms. The van der Waals surface area contributed by atoms with E-state index >= 15 is 0 Å². The van der Waals surface area contributed by atoms with Crippen molar-refractivity contribution in [2.24, 2.45) is 35.5 Å². The van der Waals surface area contributed by atoms with Crippen LogP contribution in [0.4, 0.5) is 5.69 Å². The standard InChI is InChI=1S/C27H22ClN3O6/c1-13(24(32)14-2-6-16(28)7-3-14)29(25(33)15-4-8-17(9-5-15)31(36)37)30-26(34)22-18-10-11-19(21-12-20(18)21)23(22)27(30)35/h2-11,13,18-23H,12H2,1H3/t13-,18+,19+,20-,21+,22-,23+/m1/s1. The Bertz CT molecular complexity index is 1350. The monoisotopic (exact) mass is 519 g/mol. The molecule has 5 aliphatic rings. The van der Waals surface area contributed by atoms with Crippen molar-refractivity contribution in [3.63, 3.8) is 0 Å². The van der Waals surface area contributed by atoms with E-state index in [1.165, 1.54) is 43.3 Å². The van der Waals surface area contributed by atoms with Crippen LogP contribution in [0.2, 0.25) is 5.02 Å². The number of nitro benzene ring substituents is 1. The summed E-state index contributed by atoms with van der Waals surface area (Å²) in [5.41, 5.74) is 0.0632. The molecule has 0 radical (unpaired) electrons. The second-order valence-electron chi connectivity index (χ2n) is 10.1. The van der Waals surface area contributed by atoms with Crippen molar-refractivity contribution in [1.29, 1.82) is 0 Å². The number of carbonyl (C=O) groups excluding carboxylic acids is 4. The number of hydrogen-bond donors (Lipinski definition) is 0. The lowest BCUT2D eigenvalue weighted by molar-refractivity contribution is -0.384. The van der Waals surface area contributed by atoms with Crippen molar-refractivity contribution < 1.29 is 24.1 Å². The summed E-state index contributed by atoms with van der Waals surface area (Å²) in [4.78, 5) is 65.4. The number of hydrazine groups is 1. The lowest BCUT2D eigenvalue weighted by atomic mass is 9.63. The highest BCUT2D eigenvalue weighted by Gasteiger charge is 2.68. The molecular formula is C27H22ClN3O6. The van der Waals surface area contributed by atoms with E-state index in [-0.39, 0.29) is 28.7 Å². The number of non-ortho nitro benzene ring substituents is 1. The number of nitrogens with zero attached hydrogens (tertiary/aromatic N) is 3. The molecule has 0 unspecified atom stereocenters. The Balaban J connectivity index is 1.39. The van der Waals surface area contributed by atoms with Gasteiger partial charge in [-0.1, -0.05) is 23.8 Å². The molecule has 1 aliphatic heterocycles. The molecule has 7 rings (SSSR count). The van der Waals surface area contributed by atoms with E-state index in [2.05, 4.69) is 0 Å². The minimum Gasteiger partial charge on any atom is -0.292 e. The van der Waals surface area contributed by atoms with Gasteiger partial charge in [-0.2, -0.15) is 5.01 Å². The minimum atomic E-state index is -1.21.